The molecule has 0 N–H and O–H groups in total. The van der Waals surface area contributed by atoms with Crippen molar-refractivity contribution in [1.29, 1.82) is 0 Å². The van der Waals surface area contributed by atoms with Crippen molar-refractivity contribution < 1.29 is 8.83 Å². The van der Waals surface area contributed by atoms with Crippen molar-refractivity contribution in [1.82, 2.24) is 0 Å². The molecule has 2 aromatic heterocycles. The van der Waals surface area contributed by atoms with Gasteiger partial charge in [-0.15, -0.1) is 0 Å². The second kappa shape index (κ2) is 31.0. The summed E-state index contributed by atoms with van der Waals surface area (Å²) in [7, 11) is 0. The van der Waals surface area contributed by atoms with Crippen LogP contribution in [0.4, 0.5) is 68.2 Å². The molecule has 0 unspecified atom stereocenters. The Labute approximate surface area is 763 Å². The first-order chi connectivity index (χ1) is 64.2. The monoisotopic (exact) mass is 1680 g/mol. The number of hydrogen-bond acceptors (Lipinski definition) is 6. The smallest absolute Gasteiger partial charge is 0.136 e. The molecule has 22 aromatic rings. The Morgan fingerprint density at radius 1 is 0.160 bits per heavy atom. The molecule has 131 heavy (non-hydrogen) atoms. The molecule has 624 valence electrons. The van der Waals surface area contributed by atoms with Gasteiger partial charge in [0, 0.05) is 105 Å². The number of furan rings is 2. The topological polar surface area (TPSA) is 39.2 Å². The molecule has 3 aliphatic rings. The van der Waals surface area contributed by atoms with E-state index in [1.54, 1.807) is 0 Å². The average molecular weight is 1680 g/mol. The Morgan fingerprint density at radius 2 is 0.420 bits per heavy atom. The van der Waals surface area contributed by atoms with Gasteiger partial charge in [-0.3, -0.25) is 0 Å². The van der Waals surface area contributed by atoms with E-state index < -0.39 is 0 Å². The van der Waals surface area contributed by atoms with Gasteiger partial charge in [-0.1, -0.05) is 315 Å². The van der Waals surface area contributed by atoms with E-state index >= 15 is 0 Å². The van der Waals surface area contributed by atoms with E-state index in [-0.39, 0.29) is 16.2 Å². The van der Waals surface area contributed by atoms with Crippen LogP contribution in [0.3, 0.4) is 0 Å². The Balaban J connectivity index is 0.000000149. The van der Waals surface area contributed by atoms with Crippen LogP contribution in [0.5, 0.6) is 0 Å². The van der Waals surface area contributed by atoms with Crippen molar-refractivity contribution >= 4 is 134 Å². The lowest BCUT2D eigenvalue weighted by atomic mass is 9.81. The number of rotatable bonds is 15. The van der Waals surface area contributed by atoms with Crippen LogP contribution in [0.2, 0.25) is 0 Å². The first-order valence-corrected chi connectivity index (χ1v) is 45.5. The van der Waals surface area contributed by atoms with Gasteiger partial charge in [0.1, 0.15) is 22.3 Å². The van der Waals surface area contributed by atoms with Crippen molar-refractivity contribution in [2.24, 2.45) is 0 Å². The molecule has 6 heteroatoms. The maximum absolute atomic E-state index is 6.21. The van der Waals surface area contributed by atoms with Crippen molar-refractivity contribution in [2.45, 2.75) is 57.8 Å². The molecule has 0 amide bonds. The molecule has 25 rings (SSSR count). The maximum atomic E-state index is 6.21. The molecule has 0 fully saturated rings. The van der Waals surface area contributed by atoms with E-state index in [0.29, 0.717) is 0 Å². The Kier molecular flexibility index (Phi) is 18.5. The molecule has 0 spiro atoms. The standard InChI is InChI=1S/C71H56N2.C54H36N2O2/c1-69(2)61-25-13-11-23-55(61)58-38-34-50(42-64(58)69)72(67-27-15-19-46-17-7-9-21-53(46)67)49-32-29-45(30-33-49)48-31-37-57-60-40-36-52(44-66(60)71(5,6)63(57)41-48)73(68-28-16-20-47-18-8-10-22-54(47)68)51-35-39-59-56-24-12-14-26-62(56)70(3,4)65(59)43-51;1-3-11-41(12-4-1)55(43-25-19-37(20-26-43)39-23-33-49-47-15-7-9-17-51(47)57-53(49)35-39)45-29-31-46(32-30-45)56(42-13-5-2-6-14-42)44-27-21-38(22-28-44)40-24-34-50-48-16-8-10-18-52(48)58-54(50)36-40/h7-44H,1-6H3;1-36H. The zero-order chi connectivity index (χ0) is 87.8. The number of anilines is 12. The van der Waals surface area contributed by atoms with E-state index in [0.717, 1.165) is 117 Å². The fourth-order valence-corrected chi connectivity index (χ4v) is 21.4. The SMILES string of the molecule is CC1(C)c2ccccc2-c2ccc(N(c3ccc(-c4ccc5c(c4)C(C)(C)c4cc(N(c6ccc7c(c6)C(C)(C)c6ccccc6-7)c6cccc7ccccc67)ccc4-5)cc3)c3cccc4ccccc34)cc21.c1ccc(N(c2ccc(-c3ccc4c(c3)oc3ccccc34)cc2)c2ccc(N(c3ccccc3)c3ccc(-c4ccc5c(c4)oc4ccccc45)cc3)cc2)cc1. The minimum Gasteiger partial charge on any atom is -0.456 e. The van der Waals surface area contributed by atoms with Gasteiger partial charge in [-0.05, 0) is 287 Å². The van der Waals surface area contributed by atoms with Gasteiger partial charge in [0.2, 0.25) is 0 Å². The summed E-state index contributed by atoms with van der Waals surface area (Å²) in [6, 6.07) is 163. The predicted molar refractivity (Wildman–Crippen MR) is 550 cm³/mol. The Morgan fingerprint density at radius 3 is 0.832 bits per heavy atom. The molecule has 20 aromatic carbocycles. The molecule has 0 bridgehead atoms. The lowest BCUT2D eigenvalue weighted by molar-refractivity contribution is 0.660. The number of nitrogens with zero attached hydrogens (tertiary/aromatic N) is 4. The third kappa shape index (κ3) is 13.2. The van der Waals surface area contributed by atoms with Crippen LogP contribution in [-0.2, 0) is 16.2 Å². The summed E-state index contributed by atoms with van der Waals surface area (Å²) >= 11 is 0. The van der Waals surface area contributed by atoms with Gasteiger partial charge in [0.15, 0.2) is 0 Å². The second-order valence-electron chi connectivity index (χ2n) is 36.7. The quantitative estimate of drug-likeness (QED) is 0.102. The molecule has 2 heterocycles. The fraction of sp³-hybridized carbons (Fsp3) is 0.0720. The van der Waals surface area contributed by atoms with Crippen LogP contribution in [-0.4, -0.2) is 0 Å². The molecule has 6 nitrogen and oxygen atoms in total. The first kappa shape index (κ1) is 78.2. The van der Waals surface area contributed by atoms with E-state index in [4.69, 9.17) is 8.83 Å². The van der Waals surface area contributed by atoms with Crippen molar-refractivity contribution in [3.63, 3.8) is 0 Å². The van der Waals surface area contributed by atoms with Crippen LogP contribution >= 0.6 is 0 Å². The van der Waals surface area contributed by atoms with Crippen LogP contribution in [0.25, 0.3) is 132 Å². The van der Waals surface area contributed by atoms with Crippen molar-refractivity contribution in [2.75, 3.05) is 19.6 Å². The van der Waals surface area contributed by atoms with Crippen LogP contribution in [0.1, 0.15) is 74.9 Å². The molecule has 0 aliphatic heterocycles. The summed E-state index contributed by atoms with van der Waals surface area (Å²) < 4.78 is 12.4. The number of para-hydroxylation sites is 4. The molecular formula is C125H92N4O2. The number of hydrogen-bond donors (Lipinski definition) is 0. The van der Waals surface area contributed by atoms with Crippen molar-refractivity contribution in [3.8, 4) is 66.8 Å². The summed E-state index contributed by atoms with van der Waals surface area (Å²) in [6.45, 7) is 14.3. The summed E-state index contributed by atoms with van der Waals surface area (Å²) in [5.41, 5.74) is 39.6. The predicted octanol–water partition coefficient (Wildman–Crippen LogP) is 35.3. The van der Waals surface area contributed by atoms with Gasteiger partial charge < -0.3 is 28.4 Å². The van der Waals surface area contributed by atoms with Crippen molar-refractivity contribution in [3.05, 3.63) is 482 Å². The summed E-state index contributed by atoms with van der Waals surface area (Å²) in [5, 5.41) is 9.46. The van der Waals surface area contributed by atoms with E-state index in [2.05, 4.69) is 486 Å². The molecule has 0 radical (unpaired) electrons. The fourth-order valence-electron chi connectivity index (χ4n) is 21.4. The third-order valence-corrected chi connectivity index (χ3v) is 28.1. The second-order valence-corrected chi connectivity index (χ2v) is 36.7. The lowest BCUT2D eigenvalue weighted by Gasteiger charge is -2.30. The highest BCUT2D eigenvalue weighted by Crippen LogP contribution is 2.57. The normalized spacial score (nSPS) is 13.3. The number of benzene rings is 20. The molecule has 3 aliphatic carbocycles. The largest absolute Gasteiger partial charge is 0.456 e. The van der Waals surface area contributed by atoms with Crippen LogP contribution < -0.4 is 19.6 Å². The third-order valence-electron chi connectivity index (χ3n) is 28.1. The van der Waals surface area contributed by atoms with Crippen LogP contribution in [0.15, 0.2) is 458 Å². The summed E-state index contributed by atoms with van der Waals surface area (Å²) in [6.07, 6.45) is 0. The number of fused-ring (bicyclic) bond motifs is 17. The summed E-state index contributed by atoms with van der Waals surface area (Å²) in [4.78, 5) is 9.56. The maximum Gasteiger partial charge on any atom is 0.136 e. The molecular weight excluding hydrogens is 1590 g/mol. The Bertz CT molecular complexity index is 8020. The highest BCUT2D eigenvalue weighted by Gasteiger charge is 2.40. The minimum absolute atomic E-state index is 0.109. The van der Waals surface area contributed by atoms with Gasteiger partial charge >= 0.3 is 0 Å². The van der Waals surface area contributed by atoms with Gasteiger partial charge in [-0.25, -0.2) is 0 Å². The van der Waals surface area contributed by atoms with Gasteiger partial charge in [0.25, 0.3) is 0 Å². The Hall–Kier alpha value is -16.3. The zero-order valence-corrected chi connectivity index (χ0v) is 73.8. The average Bonchev–Trinajstić information content (AvgIpc) is 1.49. The van der Waals surface area contributed by atoms with Gasteiger partial charge in [-0.2, -0.15) is 0 Å². The minimum atomic E-state index is -0.241. The molecule has 0 saturated carbocycles. The molecule has 0 saturated heterocycles. The van der Waals surface area contributed by atoms with Crippen LogP contribution in [0, 0.1) is 0 Å². The highest BCUT2D eigenvalue weighted by atomic mass is 16.3. The highest BCUT2D eigenvalue weighted by molar-refractivity contribution is 6.08. The summed E-state index contributed by atoms with van der Waals surface area (Å²) in [5.74, 6) is 0. The van der Waals surface area contributed by atoms with E-state index in [1.165, 1.54) is 116 Å². The first-order valence-electron chi connectivity index (χ1n) is 45.5. The lowest BCUT2D eigenvalue weighted by Crippen LogP contribution is -2.18. The molecule has 0 atom stereocenters. The van der Waals surface area contributed by atoms with E-state index in [1.807, 2.05) is 24.3 Å². The van der Waals surface area contributed by atoms with Gasteiger partial charge in [0.05, 0.1) is 11.4 Å². The zero-order valence-electron chi connectivity index (χ0n) is 73.8. The van der Waals surface area contributed by atoms with E-state index in [9.17, 15) is 0 Å².